The van der Waals surface area contributed by atoms with Gasteiger partial charge in [-0.25, -0.2) is 0 Å². The lowest BCUT2D eigenvalue weighted by Crippen LogP contribution is -2.29. The molecule has 0 aliphatic heterocycles. The summed E-state index contributed by atoms with van der Waals surface area (Å²) in [6.07, 6.45) is -2.22. The summed E-state index contributed by atoms with van der Waals surface area (Å²) in [7, 11) is 3.08. The summed E-state index contributed by atoms with van der Waals surface area (Å²) in [6.45, 7) is 0.213. The number of nitrogens with one attached hydrogen (secondary N) is 1. The van der Waals surface area contributed by atoms with Crippen LogP contribution in [-0.2, 0) is 0 Å². The Hall–Kier alpha value is -0.820. The molecule has 4 N–H and O–H groups in total. The van der Waals surface area contributed by atoms with Crippen LogP contribution in [0.25, 0.3) is 0 Å². The monoisotopic (exact) mass is 305 g/mol. The van der Waals surface area contributed by atoms with Crippen LogP contribution in [0.15, 0.2) is 16.6 Å². The summed E-state index contributed by atoms with van der Waals surface area (Å²) in [6, 6.07) is 3.21. The highest BCUT2D eigenvalue weighted by atomic mass is 79.9. The number of phenols is 1. The van der Waals surface area contributed by atoms with Crippen molar-refractivity contribution in [3.05, 3.63) is 22.2 Å². The van der Waals surface area contributed by atoms with Crippen LogP contribution < -0.4 is 10.1 Å². The van der Waals surface area contributed by atoms with Crippen LogP contribution in [0.5, 0.6) is 11.5 Å². The van der Waals surface area contributed by atoms with E-state index in [9.17, 15) is 15.3 Å². The number of hydrogen-bond acceptors (Lipinski definition) is 5. The van der Waals surface area contributed by atoms with Gasteiger partial charge in [0.2, 0.25) is 0 Å². The van der Waals surface area contributed by atoms with Crippen LogP contribution in [0.1, 0.15) is 11.7 Å². The quantitative estimate of drug-likeness (QED) is 0.646. The molecule has 2 atom stereocenters. The molecule has 0 amide bonds. The molecule has 0 spiro atoms. The molecule has 0 bridgehead atoms. The number of likely N-dealkylation sites (N-methyl/N-ethyl adjacent to an activating group) is 1. The van der Waals surface area contributed by atoms with E-state index in [0.717, 1.165) is 0 Å². The van der Waals surface area contributed by atoms with Gasteiger partial charge >= 0.3 is 0 Å². The summed E-state index contributed by atoms with van der Waals surface area (Å²) in [5.74, 6) is 0.0726. The van der Waals surface area contributed by atoms with Gasteiger partial charge in [-0.05, 0) is 19.2 Å². The second-order valence-corrected chi connectivity index (χ2v) is 4.44. The molecule has 0 heterocycles. The number of benzene rings is 1. The predicted octanol–water partition coefficient (Wildman–Crippen LogP) is 0.777. The minimum absolute atomic E-state index is 0.176. The maximum absolute atomic E-state index is 9.97. The third-order valence-electron chi connectivity index (χ3n) is 2.42. The molecule has 0 fully saturated rings. The first-order valence-corrected chi connectivity index (χ1v) is 5.88. The largest absolute Gasteiger partial charge is 0.504 e. The van der Waals surface area contributed by atoms with E-state index in [0.29, 0.717) is 4.47 Å². The molecule has 2 unspecified atom stereocenters. The number of phenolic OH excluding ortho intramolecular Hbond substituents is 1. The highest BCUT2D eigenvalue weighted by Gasteiger charge is 2.25. The van der Waals surface area contributed by atoms with E-state index in [4.69, 9.17) is 4.74 Å². The van der Waals surface area contributed by atoms with Gasteiger partial charge in [0.25, 0.3) is 0 Å². The van der Waals surface area contributed by atoms with Gasteiger partial charge in [0.05, 0.1) is 13.2 Å². The van der Waals surface area contributed by atoms with Crippen molar-refractivity contribution >= 4 is 15.9 Å². The molecule has 1 aromatic rings. The highest BCUT2D eigenvalue weighted by Crippen LogP contribution is 2.39. The maximum atomic E-state index is 9.97. The van der Waals surface area contributed by atoms with Crippen LogP contribution in [0.3, 0.4) is 0 Å². The summed E-state index contributed by atoms with van der Waals surface area (Å²) in [4.78, 5) is 0. The minimum Gasteiger partial charge on any atom is -0.504 e. The third kappa shape index (κ3) is 3.10. The van der Waals surface area contributed by atoms with Gasteiger partial charge in [-0.3, -0.25) is 0 Å². The molecule has 6 heteroatoms. The number of rotatable bonds is 5. The molecule has 0 saturated carbocycles. The maximum Gasteiger partial charge on any atom is 0.164 e. The Balaban J connectivity index is 3.11. The standard InChI is InChI=1S/C11H16BrNO4/c1-13-5-7(14)10(15)9-6(12)3-4-8(17-2)11(9)16/h3-4,7,10,13-16H,5H2,1-2H3. The number of aliphatic hydroxyl groups excluding tert-OH is 2. The number of hydrogen-bond donors (Lipinski definition) is 4. The van der Waals surface area contributed by atoms with Crippen molar-refractivity contribution in [2.24, 2.45) is 0 Å². The van der Waals surface area contributed by atoms with Crippen LogP contribution in [0.2, 0.25) is 0 Å². The Bertz CT molecular complexity index is 386. The van der Waals surface area contributed by atoms with Crippen molar-refractivity contribution in [1.82, 2.24) is 5.32 Å². The van der Waals surface area contributed by atoms with Gasteiger partial charge in [0.15, 0.2) is 11.5 Å². The first kappa shape index (κ1) is 14.2. The zero-order valence-electron chi connectivity index (χ0n) is 9.64. The molecule has 0 aliphatic rings. The van der Waals surface area contributed by atoms with Crippen molar-refractivity contribution in [1.29, 1.82) is 0 Å². The van der Waals surface area contributed by atoms with E-state index in [1.807, 2.05) is 0 Å². The Morgan fingerprint density at radius 3 is 2.59 bits per heavy atom. The zero-order chi connectivity index (χ0) is 13.0. The highest BCUT2D eigenvalue weighted by molar-refractivity contribution is 9.10. The molecule has 0 radical (unpaired) electrons. The Labute approximate surface area is 108 Å². The van der Waals surface area contributed by atoms with E-state index in [2.05, 4.69) is 21.2 Å². The zero-order valence-corrected chi connectivity index (χ0v) is 11.2. The van der Waals surface area contributed by atoms with Crippen molar-refractivity contribution in [3.63, 3.8) is 0 Å². The van der Waals surface area contributed by atoms with Crippen molar-refractivity contribution in [3.8, 4) is 11.5 Å². The number of aliphatic hydroxyl groups is 2. The van der Waals surface area contributed by atoms with E-state index in [-0.39, 0.29) is 23.6 Å². The molecule has 17 heavy (non-hydrogen) atoms. The van der Waals surface area contributed by atoms with E-state index < -0.39 is 12.2 Å². The molecule has 0 aromatic heterocycles. The molecule has 5 nitrogen and oxygen atoms in total. The average Bonchev–Trinajstić information content (AvgIpc) is 2.29. The Morgan fingerprint density at radius 2 is 2.06 bits per heavy atom. The second kappa shape index (κ2) is 6.20. The number of methoxy groups -OCH3 is 1. The van der Waals surface area contributed by atoms with Gasteiger partial charge in [0, 0.05) is 16.6 Å². The number of halogens is 1. The summed E-state index contributed by atoms with van der Waals surface area (Å²) in [5, 5.41) is 32.3. The lowest BCUT2D eigenvalue weighted by atomic mass is 10.0. The number of aromatic hydroxyl groups is 1. The van der Waals surface area contributed by atoms with E-state index >= 15 is 0 Å². The van der Waals surface area contributed by atoms with Crippen LogP contribution >= 0.6 is 15.9 Å². The first-order chi connectivity index (χ1) is 8.02. The van der Waals surface area contributed by atoms with Gasteiger partial charge in [-0.1, -0.05) is 15.9 Å². The fraction of sp³-hybridized carbons (Fsp3) is 0.455. The Morgan fingerprint density at radius 1 is 1.41 bits per heavy atom. The van der Waals surface area contributed by atoms with E-state index in [1.54, 1.807) is 19.2 Å². The van der Waals surface area contributed by atoms with Crippen molar-refractivity contribution in [2.45, 2.75) is 12.2 Å². The molecule has 1 rings (SSSR count). The second-order valence-electron chi connectivity index (χ2n) is 3.58. The van der Waals surface area contributed by atoms with Crippen molar-refractivity contribution < 1.29 is 20.1 Å². The van der Waals surface area contributed by atoms with Gasteiger partial charge in [0.1, 0.15) is 6.10 Å². The van der Waals surface area contributed by atoms with Crippen LogP contribution in [0, 0.1) is 0 Å². The summed E-state index contributed by atoms with van der Waals surface area (Å²) < 4.78 is 5.46. The molecular weight excluding hydrogens is 290 g/mol. The minimum atomic E-state index is -1.20. The first-order valence-electron chi connectivity index (χ1n) is 5.09. The van der Waals surface area contributed by atoms with Gasteiger partial charge in [-0.15, -0.1) is 0 Å². The third-order valence-corrected chi connectivity index (χ3v) is 3.11. The predicted molar refractivity (Wildman–Crippen MR) is 67.3 cm³/mol. The average molecular weight is 306 g/mol. The fourth-order valence-corrected chi connectivity index (χ4v) is 2.08. The summed E-state index contributed by atoms with van der Waals surface area (Å²) in [5.41, 5.74) is 0.215. The molecule has 0 aliphatic carbocycles. The molecule has 1 aromatic carbocycles. The molecular formula is C11H16BrNO4. The fourth-order valence-electron chi connectivity index (χ4n) is 1.52. The normalized spacial score (nSPS) is 14.4. The number of ether oxygens (including phenoxy) is 1. The van der Waals surface area contributed by atoms with Gasteiger partial charge in [-0.2, -0.15) is 0 Å². The Kier molecular flexibility index (Phi) is 5.20. The molecule has 96 valence electrons. The summed E-state index contributed by atoms with van der Waals surface area (Å²) >= 11 is 3.22. The SMILES string of the molecule is CNCC(O)C(O)c1c(Br)ccc(OC)c1O. The van der Waals surface area contributed by atoms with E-state index in [1.165, 1.54) is 7.11 Å². The van der Waals surface area contributed by atoms with Crippen LogP contribution in [0.4, 0.5) is 0 Å². The van der Waals surface area contributed by atoms with Gasteiger partial charge < -0.3 is 25.4 Å². The topological polar surface area (TPSA) is 82.0 Å². The van der Waals surface area contributed by atoms with Crippen molar-refractivity contribution in [2.75, 3.05) is 20.7 Å². The lowest BCUT2D eigenvalue weighted by Gasteiger charge is -2.21. The molecule has 0 saturated heterocycles. The van der Waals surface area contributed by atoms with Crippen LogP contribution in [-0.4, -0.2) is 42.1 Å². The smallest absolute Gasteiger partial charge is 0.164 e. The lowest BCUT2D eigenvalue weighted by molar-refractivity contribution is 0.0183.